The van der Waals surface area contributed by atoms with E-state index >= 15 is 0 Å². The number of alkyl halides is 3. The van der Waals surface area contributed by atoms with Crippen LogP contribution in [0, 0.1) is 11.3 Å². The molecular weight excluding hydrogens is 846 g/mol. The van der Waals surface area contributed by atoms with Gasteiger partial charge in [-0.2, -0.15) is 18.4 Å². The van der Waals surface area contributed by atoms with E-state index in [2.05, 4.69) is 10.6 Å². The van der Waals surface area contributed by atoms with Crippen LogP contribution in [0.15, 0.2) is 84.9 Å². The zero-order chi connectivity index (χ0) is 45.8. The SMILES string of the molecule is CC1(C)C(=O)N(c2ccc(C#N)c(C(F)(F)F)c2)C(=S)N1c1ccc(-c2ccc(OCCCCCCCCCCNc3cccc4c3C(=O)N(C3CCC(=O)NC3=O)C4=O)cc2)cc1. The van der Waals surface area contributed by atoms with Crippen molar-refractivity contribution in [3.05, 3.63) is 107 Å². The Hall–Kier alpha value is -6.60. The number of rotatable bonds is 17. The molecule has 3 aliphatic rings. The van der Waals surface area contributed by atoms with Gasteiger partial charge in [0.25, 0.3) is 17.7 Å². The zero-order valence-electron chi connectivity index (χ0n) is 35.4. The standard InChI is InChI=1S/C48H47F3N6O6S/c1-47(2)45(62)55(34-21-16-32(29-52)37(28-34)48(49,50)51)46(64)57(47)33-19-14-30(15-20-33)31-17-22-35(23-18-31)63-27-10-8-6-4-3-5-7-9-26-53-38-13-11-12-36-41(38)44(61)56(43(36)60)39-24-25-40(58)54-42(39)59/h11-23,28,39,53H,3-10,24-27H2,1-2H3,(H,54,58,59). The van der Waals surface area contributed by atoms with E-state index in [1.54, 1.807) is 43.0 Å². The summed E-state index contributed by atoms with van der Waals surface area (Å²) < 4.78 is 47.2. The number of unbranched alkanes of at least 4 members (excludes halogenated alkanes) is 7. The fraction of sp³-hybridized carbons (Fsp3) is 0.354. The summed E-state index contributed by atoms with van der Waals surface area (Å²) in [7, 11) is 0. The maximum absolute atomic E-state index is 13.7. The first kappa shape index (κ1) is 45.4. The van der Waals surface area contributed by atoms with E-state index in [4.69, 9.17) is 17.0 Å². The molecule has 3 heterocycles. The van der Waals surface area contributed by atoms with Gasteiger partial charge in [0.15, 0.2) is 5.11 Å². The van der Waals surface area contributed by atoms with Crippen LogP contribution in [0.1, 0.15) is 110 Å². The molecule has 0 spiro atoms. The van der Waals surface area contributed by atoms with Crippen LogP contribution in [0.3, 0.4) is 0 Å². The number of ether oxygens (including phenoxy) is 1. The van der Waals surface area contributed by atoms with Crippen LogP contribution in [0.2, 0.25) is 0 Å². The number of hydrogen-bond donors (Lipinski definition) is 2. The predicted molar refractivity (Wildman–Crippen MR) is 239 cm³/mol. The molecule has 2 saturated heterocycles. The van der Waals surface area contributed by atoms with Gasteiger partial charge in [-0.25, -0.2) is 0 Å². The molecule has 7 rings (SSSR count). The van der Waals surface area contributed by atoms with Crippen LogP contribution in [-0.4, -0.2) is 64.3 Å². The van der Waals surface area contributed by atoms with E-state index in [1.165, 1.54) is 6.07 Å². The van der Waals surface area contributed by atoms with Crippen LogP contribution in [0.25, 0.3) is 11.1 Å². The first-order valence-corrected chi connectivity index (χ1v) is 21.7. The summed E-state index contributed by atoms with van der Waals surface area (Å²) >= 11 is 5.67. The minimum atomic E-state index is -4.79. The molecule has 16 heteroatoms. The summed E-state index contributed by atoms with van der Waals surface area (Å²) in [6.45, 7) is 4.56. The van der Waals surface area contributed by atoms with Gasteiger partial charge in [-0.15, -0.1) is 0 Å². The lowest BCUT2D eigenvalue weighted by molar-refractivity contribution is -0.138. The first-order chi connectivity index (χ1) is 30.6. The van der Waals surface area contributed by atoms with Gasteiger partial charge in [-0.05, 0) is 111 Å². The van der Waals surface area contributed by atoms with E-state index in [0.29, 0.717) is 24.5 Å². The summed E-state index contributed by atoms with van der Waals surface area (Å²) in [5, 5.41) is 14.8. The van der Waals surface area contributed by atoms with Crippen molar-refractivity contribution in [2.75, 3.05) is 28.3 Å². The number of benzene rings is 4. The number of halogens is 3. The summed E-state index contributed by atoms with van der Waals surface area (Å²) in [6, 6.07) is 23.9. The van der Waals surface area contributed by atoms with E-state index in [9.17, 15) is 42.4 Å². The highest BCUT2D eigenvalue weighted by Gasteiger charge is 2.51. The molecule has 0 bridgehead atoms. The predicted octanol–water partition coefficient (Wildman–Crippen LogP) is 9.17. The number of amides is 5. The highest BCUT2D eigenvalue weighted by molar-refractivity contribution is 7.81. The van der Waals surface area contributed by atoms with Crippen LogP contribution < -0.4 is 25.2 Å². The number of thiocarbonyl (C=S) groups is 1. The van der Waals surface area contributed by atoms with E-state index in [1.807, 2.05) is 48.5 Å². The van der Waals surface area contributed by atoms with Crippen molar-refractivity contribution >= 4 is 63.9 Å². The van der Waals surface area contributed by atoms with Crippen molar-refractivity contribution in [3.63, 3.8) is 0 Å². The number of hydrogen-bond acceptors (Lipinski definition) is 9. The number of anilines is 3. The second kappa shape index (κ2) is 19.0. The molecule has 5 amide bonds. The summed E-state index contributed by atoms with van der Waals surface area (Å²) in [5.41, 5.74) is 0.619. The quantitative estimate of drug-likeness (QED) is 0.0597. The van der Waals surface area contributed by atoms with Gasteiger partial charge >= 0.3 is 6.18 Å². The van der Waals surface area contributed by atoms with Gasteiger partial charge in [0.1, 0.15) is 17.3 Å². The Kier molecular flexibility index (Phi) is 13.5. The zero-order valence-corrected chi connectivity index (χ0v) is 36.2. The molecule has 0 radical (unpaired) electrons. The second-order valence-electron chi connectivity index (χ2n) is 16.5. The number of nitrogens with zero attached hydrogens (tertiary/aromatic N) is 4. The Bertz CT molecular complexity index is 2520. The number of nitriles is 1. The number of fused-ring (bicyclic) bond motifs is 1. The monoisotopic (exact) mass is 892 g/mol. The van der Waals surface area contributed by atoms with Crippen molar-refractivity contribution in [2.24, 2.45) is 0 Å². The van der Waals surface area contributed by atoms with Crippen molar-refractivity contribution in [1.82, 2.24) is 10.2 Å². The lowest BCUT2D eigenvalue weighted by atomic mass is 10.0. The molecule has 64 heavy (non-hydrogen) atoms. The molecule has 0 aliphatic carbocycles. The molecule has 12 nitrogen and oxygen atoms in total. The average Bonchev–Trinajstić information content (AvgIpc) is 3.63. The third-order valence-electron chi connectivity index (χ3n) is 11.8. The molecule has 0 saturated carbocycles. The Morgan fingerprint density at radius 2 is 1.45 bits per heavy atom. The van der Waals surface area contributed by atoms with Gasteiger partial charge in [-0.3, -0.25) is 39.1 Å². The Morgan fingerprint density at radius 3 is 2.09 bits per heavy atom. The van der Waals surface area contributed by atoms with Crippen LogP contribution in [0.4, 0.5) is 30.2 Å². The summed E-state index contributed by atoms with van der Waals surface area (Å²) in [5.74, 6) is -1.81. The van der Waals surface area contributed by atoms with Gasteiger partial charge in [-0.1, -0.05) is 68.9 Å². The number of piperidine rings is 1. The minimum absolute atomic E-state index is 0.0290. The molecule has 4 aromatic carbocycles. The lowest BCUT2D eigenvalue weighted by Gasteiger charge is -2.29. The smallest absolute Gasteiger partial charge is 0.417 e. The van der Waals surface area contributed by atoms with Crippen LogP contribution >= 0.6 is 12.2 Å². The first-order valence-electron chi connectivity index (χ1n) is 21.3. The third kappa shape index (κ3) is 9.35. The molecular formula is C48H47F3N6O6S. The average molecular weight is 893 g/mol. The molecule has 2 N–H and O–H groups in total. The van der Waals surface area contributed by atoms with Gasteiger partial charge in [0.05, 0.1) is 40.6 Å². The molecule has 1 unspecified atom stereocenters. The Morgan fingerprint density at radius 1 is 0.828 bits per heavy atom. The third-order valence-corrected chi connectivity index (χ3v) is 12.2. The maximum atomic E-state index is 13.7. The normalized spacial score (nSPS) is 17.2. The maximum Gasteiger partial charge on any atom is 0.417 e. The topological polar surface area (TPSA) is 152 Å². The van der Waals surface area contributed by atoms with Crippen molar-refractivity contribution in [2.45, 2.75) is 95.8 Å². The molecule has 1 atom stereocenters. The molecule has 2 fully saturated rings. The number of carbonyl (C=O) groups excluding carboxylic acids is 5. The largest absolute Gasteiger partial charge is 0.494 e. The number of carbonyl (C=O) groups is 5. The van der Waals surface area contributed by atoms with Crippen molar-refractivity contribution < 1.29 is 41.9 Å². The molecule has 4 aromatic rings. The summed E-state index contributed by atoms with van der Waals surface area (Å²) in [4.78, 5) is 67.6. The van der Waals surface area contributed by atoms with E-state index in [0.717, 1.165) is 90.2 Å². The highest BCUT2D eigenvalue weighted by atomic mass is 32.1. The lowest BCUT2D eigenvalue weighted by Crippen LogP contribution is -2.54. The molecule has 0 aromatic heterocycles. The second-order valence-corrected chi connectivity index (χ2v) is 16.9. The van der Waals surface area contributed by atoms with E-state index < -0.39 is 58.4 Å². The van der Waals surface area contributed by atoms with Crippen LogP contribution in [-0.2, 0) is 20.6 Å². The van der Waals surface area contributed by atoms with Crippen LogP contribution in [0.5, 0.6) is 5.75 Å². The molecule has 332 valence electrons. The Labute approximate surface area is 374 Å². The van der Waals surface area contributed by atoms with E-state index in [-0.39, 0.29) is 34.8 Å². The van der Waals surface area contributed by atoms with Gasteiger partial charge < -0.3 is 15.0 Å². The van der Waals surface area contributed by atoms with Crippen molar-refractivity contribution in [3.8, 4) is 22.9 Å². The number of nitrogens with one attached hydrogen (secondary N) is 2. The fourth-order valence-corrected chi connectivity index (χ4v) is 8.89. The minimum Gasteiger partial charge on any atom is -0.494 e. The fourth-order valence-electron chi connectivity index (χ4n) is 8.37. The molecule has 3 aliphatic heterocycles. The highest BCUT2D eigenvalue weighted by Crippen LogP contribution is 2.40. The number of imide groups is 2. The van der Waals surface area contributed by atoms with Crippen molar-refractivity contribution in [1.29, 1.82) is 5.26 Å². The Balaban J connectivity index is 0.796. The van der Waals surface area contributed by atoms with Gasteiger partial charge in [0.2, 0.25) is 11.8 Å². The summed E-state index contributed by atoms with van der Waals surface area (Å²) in [6.07, 6.45) is 3.72. The van der Waals surface area contributed by atoms with Gasteiger partial charge in [0, 0.05) is 24.3 Å².